The van der Waals surface area contributed by atoms with Crippen LogP contribution in [0.1, 0.15) is 38.2 Å². The lowest BCUT2D eigenvalue weighted by molar-refractivity contribution is 0.0951. The van der Waals surface area contributed by atoms with Crippen molar-refractivity contribution in [3.8, 4) is 0 Å². The second kappa shape index (κ2) is 6.23. The second-order valence-electron chi connectivity index (χ2n) is 4.47. The molecule has 1 aromatic heterocycles. The Hall–Kier alpha value is -1.58. The third-order valence-electron chi connectivity index (χ3n) is 2.72. The molecule has 0 bridgehead atoms. The molecule has 0 saturated heterocycles. The number of nitrogens with one attached hydrogen (secondary N) is 2. The van der Waals surface area contributed by atoms with Crippen LogP contribution in [0, 0.1) is 5.92 Å². The third kappa shape index (κ3) is 4.06. The molecule has 0 aliphatic rings. The van der Waals surface area contributed by atoms with Gasteiger partial charge in [-0.25, -0.2) is 0 Å². The van der Waals surface area contributed by atoms with Crippen molar-refractivity contribution in [2.24, 2.45) is 5.92 Å². The lowest BCUT2D eigenvalue weighted by atomic mass is 10.1. The first kappa shape index (κ1) is 13.5. The monoisotopic (exact) mass is 235 g/mol. The summed E-state index contributed by atoms with van der Waals surface area (Å²) >= 11 is 0. The highest BCUT2D eigenvalue weighted by molar-refractivity contribution is 5.93. The van der Waals surface area contributed by atoms with E-state index in [1.54, 1.807) is 12.3 Å². The van der Waals surface area contributed by atoms with Gasteiger partial charge in [-0.15, -0.1) is 0 Å². The van der Waals surface area contributed by atoms with E-state index in [0.717, 1.165) is 5.69 Å². The fourth-order valence-corrected chi connectivity index (χ4v) is 1.33. The fourth-order valence-electron chi connectivity index (χ4n) is 1.33. The molecule has 1 atom stereocenters. The van der Waals surface area contributed by atoms with Crippen LogP contribution >= 0.6 is 0 Å². The van der Waals surface area contributed by atoms with Crippen molar-refractivity contribution >= 4 is 11.6 Å². The van der Waals surface area contributed by atoms with E-state index in [1.807, 2.05) is 13.0 Å². The topological polar surface area (TPSA) is 54.0 Å². The summed E-state index contributed by atoms with van der Waals surface area (Å²) in [7, 11) is 0. The lowest BCUT2D eigenvalue weighted by Crippen LogP contribution is -2.25. The predicted octanol–water partition coefficient (Wildman–Crippen LogP) is 2.29. The van der Waals surface area contributed by atoms with Crippen molar-refractivity contribution in [3.63, 3.8) is 0 Å². The predicted molar refractivity (Wildman–Crippen MR) is 70.2 cm³/mol. The Kier molecular flexibility index (Phi) is 4.94. The fraction of sp³-hybridized carbons (Fsp3) is 0.538. The highest BCUT2D eigenvalue weighted by Crippen LogP contribution is 2.12. The molecule has 4 nitrogen and oxygen atoms in total. The first-order chi connectivity index (χ1) is 8.04. The number of carbonyl (C=O) groups is 1. The molecule has 1 rings (SSSR count). The minimum absolute atomic E-state index is 0.131. The van der Waals surface area contributed by atoms with Gasteiger partial charge in [0.25, 0.3) is 5.91 Å². The molecule has 4 heteroatoms. The molecule has 0 aliphatic heterocycles. The van der Waals surface area contributed by atoms with Crippen LogP contribution in [0.15, 0.2) is 18.3 Å². The van der Waals surface area contributed by atoms with Gasteiger partial charge >= 0.3 is 0 Å². The Labute approximate surface area is 103 Å². The molecule has 0 fully saturated rings. The maximum absolute atomic E-state index is 11.6. The standard InChI is InChI=1S/C13H21N3O/c1-5-14-13(17)12-8-11(6-7-15-12)16-10(4)9(2)3/h6-10H,5H2,1-4H3,(H,14,17)(H,15,16). The Morgan fingerprint density at radius 3 is 2.71 bits per heavy atom. The van der Waals surface area contributed by atoms with E-state index in [1.165, 1.54) is 0 Å². The summed E-state index contributed by atoms with van der Waals surface area (Å²) in [5.74, 6) is 0.407. The maximum atomic E-state index is 11.6. The Morgan fingerprint density at radius 1 is 1.41 bits per heavy atom. The van der Waals surface area contributed by atoms with Gasteiger partial charge in [0.2, 0.25) is 0 Å². The molecule has 1 unspecified atom stereocenters. The van der Waals surface area contributed by atoms with Crippen molar-refractivity contribution in [1.82, 2.24) is 10.3 Å². The summed E-state index contributed by atoms with van der Waals surface area (Å²) in [5.41, 5.74) is 1.38. The minimum Gasteiger partial charge on any atom is -0.382 e. The summed E-state index contributed by atoms with van der Waals surface area (Å²) in [4.78, 5) is 15.7. The van der Waals surface area contributed by atoms with Gasteiger partial charge in [0.15, 0.2) is 0 Å². The molecule has 0 aliphatic carbocycles. The Morgan fingerprint density at radius 2 is 2.12 bits per heavy atom. The zero-order valence-electron chi connectivity index (χ0n) is 10.9. The molecule has 1 heterocycles. The van der Waals surface area contributed by atoms with Crippen LogP contribution in [0.5, 0.6) is 0 Å². The van der Waals surface area contributed by atoms with E-state index in [0.29, 0.717) is 24.2 Å². The van der Waals surface area contributed by atoms with Gasteiger partial charge in [-0.2, -0.15) is 0 Å². The Bertz CT molecular complexity index is 377. The zero-order chi connectivity index (χ0) is 12.8. The summed E-state index contributed by atoms with van der Waals surface area (Å²) in [6.07, 6.45) is 1.65. The van der Waals surface area contributed by atoms with Crippen LogP contribution < -0.4 is 10.6 Å². The average Bonchev–Trinajstić information content (AvgIpc) is 2.29. The van der Waals surface area contributed by atoms with Crippen molar-refractivity contribution < 1.29 is 4.79 Å². The second-order valence-corrected chi connectivity index (χ2v) is 4.47. The molecular formula is C13H21N3O. The number of anilines is 1. The number of amides is 1. The molecule has 94 valence electrons. The zero-order valence-corrected chi connectivity index (χ0v) is 10.9. The van der Waals surface area contributed by atoms with E-state index in [9.17, 15) is 4.79 Å². The first-order valence-electron chi connectivity index (χ1n) is 6.05. The highest BCUT2D eigenvalue weighted by atomic mass is 16.1. The SMILES string of the molecule is CCNC(=O)c1cc(NC(C)C(C)C)ccn1. The van der Waals surface area contributed by atoms with E-state index in [-0.39, 0.29) is 5.91 Å². The molecule has 0 radical (unpaired) electrons. The molecule has 1 amide bonds. The summed E-state index contributed by atoms with van der Waals surface area (Å²) in [5, 5.41) is 6.09. The first-order valence-corrected chi connectivity index (χ1v) is 6.05. The van der Waals surface area contributed by atoms with Gasteiger partial charge in [-0.1, -0.05) is 13.8 Å². The van der Waals surface area contributed by atoms with Crippen LogP contribution in [-0.2, 0) is 0 Å². The van der Waals surface area contributed by atoms with Gasteiger partial charge in [-0.05, 0) is 31.9 Å². The summed E-state index contributed by atoms with van der Waals surface area (Å²) in [6, 6.07) is 4.02. The molecule has 17 heavy (non-hydrogen) atoms. The number of carbonyl (C=O) groups excluding carboxylic acids is 1. The van der Waals surface area contributed by atoms with Crippen molar-refractivity contribution in [2.75, 3.05) is 11.9 Å². The largest absolute Gasteiger partial charge is 0.382 e. The molecular weight excluding hydrogens is 214 g/mol. The third-order valence-corrected chi connectivity index (χ3v) is 2.72. The van der Waals surface area contributed by atoms with Gasteiger partial charge in [0, 0.05) is 24.5 Å². The van der Waals surface area contributed by atoms with E-state index in [2.05, 4.69) is 36.4 Å². The highest BCUT2D eigenvalue weighted by Gasteiger charge is 2.09. The van der Waals surface area contributed by atoms with Gasteiger partial charge < -0.3 is 10.6 Å². The number of nitrogens with zero attached hydrogens (tertiary/aromatic N) is 1. The molecule has 1 aromatic rings. The Balaban J connectivity index is 2.75. The van der Waals surface area contributed by atoms with Crippen LogP contribution in [0.2, 0.25) is 0 Å². The lowest BCUT2D eigenvalue weighted by Gasteiger charge is -2.18. The molecule has 0 spiro atoms. The minimum atomic E-state index is -0.131. The van der Waals surface area contributed by atoms with Gasteiger partial charge in [0.05, 0.1) is 0 Å². The molecule has 2 N–H and O–H groups in total. The van der Waals surface area contributed by atoms with Crippen LogP contribution in [0.3, 0.4) is 0 Å². The normalized spacial score (nSPS) is 12.3. The van der Waals surface area contributed by atoms with Crippen molar-refractivity contribution in [1.29, 1.82) is 0 Å². The van der Waals surface area contributed by atoms with Crippen molar-refractivity contribution in [2.45, 2.75) is 33.7 Å². The van der Waals surface area contributed by atoms with Crippen LogP contribution in [-0.4, -0.2) is 23.5 Å². The van der Waals surface area contributed by atoms with Crippen LogP contribution in [0.25, 0.3) is 0 Å². The number of rotatable bonds is 5. The maximum Gasteiger partial charge on any atom is 0.269 e. The number of aromatic nitrogens is 1. The quantitative estimate of drug-likeness (QED) is 0.823. The molecule has 0 aromatic carbocycles. The van der Waals surface area contributed by atoms with Crippen LogP contribution in [0.4, 0.5) is 5.69 Å². The van der Waals surface area contributed by atoms with E-state index in [4.69, 9.17) is 0 Å². The number of hydrogen-bond donors (Lipinski definition) is 2. The summed E-state index contributed by atoms with van der Waals surface area (Å²) in [6.45, 7) is 8.94. The van der Waals surface area contributed by atoms with Gasteiger partial charge in [0.1, 0.15) is 5.69 Å². The van der Waals surface area contributed by atoms with E-state index >= 15 is 0 Å². The summed E-state index contributed by atoms with van der Waals surface area (Å²) < 4.78 is 0. The van der Waals surface area contributed by atoms with E-state index < -0.39 is 0 Å². The van der Waals surface area contributed by atoms with Crippen molar-refractivity contribution in [3.05, 3.63) is 24.0 Å². The molecule has 0 saturated carbocycles. The average molecular weight is 235 g/mol. The number of hydrogen-bond acceptors (Lipinski definition) is 3. The van der Waals surface area contributed by atoms with Gasteiger partial charge in [-0.3, -0.25) is 9.78 Å². The smallest absolute Gasteiger partial charge is 0.269 e. The number of pyridine rings is 1.